The lowest BCUT2D eigenvalue weighted by atomic mass is 10.1. The van der Waals surface area contributed by atoms with E-state index in [4.69, 9.17) is 10.7 Å². The molecule has 176 valence electrons. The first-order valence-corrected chi connectivity index (χ1v) is 12.3. The molecule has 0 spiro atoms. The normalized spacial score (nSPS) is 16.8. The predicted octanol–water partition coefficient (Wildman–Crippen LogP) is 3.70. The Morgan fingerprint density at radius 2 is 1.83 bits per heavy atom. The number of hydrogen-bond acceptors (Lipinski definition) is 7. The first-order chi connectivity index (χ1) is 17.2. The second-order valence-corrected chi connectivity index (χ2v) is 9.58. The average molecular weight is 466 g/mol. The van der Waals surface area contributed by atoms with Gasteiger partial charge in [-0.3, -0.25) is 10.1 Å². The van der Waals surface area contributed by atoms with Crippen LogP contribution < -0.4 is 15.5 Å². The number of pyridine rings is 1. The van der Waals surface area contributed by atoms with E-state index in [-0.39, 0.29) is 6.04 Å². The lowest BCUT2D eigenvalue weighted by molar-refractivity contribution is 0.514. The van der Waals surface area contributed by atoms with Gasteiger partial charge in [0.15, 0.2) is 0 Å². The molecule has 0 aliphatic carbocycles. The molecule has 0 bridgehead atoms. The van der Waals surface area contributed by atoms with Gasteiger partial charge in [-0.05, 0) is 43.5 Å². The summed E-state index contributed by atoms with van der Waals surface area (Å²) < 4.78 is 0. The number of piperidine rings is 1. The van der Waals surface area contributed by atoms with Crippen molar-refractivity contribution in [1.82, 2.24) is 30.1 Å². The highest BCUT2D eigenvalue weighted by atomic mass is 15.3. The molecule has 4 aromatic heterocycles. The van der Waals surface area contributed by atoms with Crippen molar-refractivity contribution in [2.45, 2.75) is 25.3 Å². The minimum atomic E-state index is 0.214. The molecule has 7 rings (SSSR count). The summed E-state index contributed by atoms with van der Waals surface area (Å²) in [5.41, 5.74) is 12.7. The zero-order valence-electron chi connectivity index (χ0n) is 19.4. The van der Waals surface area contributed by atoms with Gasteiger partial charge < -0.3 is 20.5 Å². The number of nitrogens with one attached hydrogen (secondary N) is 2. The second-order valence-electron chi connectivity index (χ2n) is 9.58. The summed E-state index contributed by atoms with van der Waals surface area (Å²) in [6.45, 7) is 3.82. The molecule has 35 heavy (non-hydrogen) atoms. The maximum Gasteiger partial charge on any atom is 0.147 e. The summed E-state index contributed by atoms with van der Waals surface area (Å²) in [5, 5.41) is 10.0. The smallest absolute Gasteiger partial charge is 0.147 e. The number of fused-ring (bicyclic) bond motifs is 2. The molecule has 0 amide bonds. The summed E-state index contributed by atoms with van der Waals surface area (Å²) in [5.74, 6) is 0.864. The van der Waals surface area contributed by atoms with Crippen LogP contribution >= 0.6 is 0 Å². The molecule has 2 fully saturated rings. The monoisotopic (exact) mass is 465 g/mol. The maximum atomic E-state index is 5.95. The summed E-state index contributed by atoms with van der Waals surface area (Å²) in [7, 11) is 0. The van der Waals surface area contributed by atoms with Gasteiger partial charge in [0.25, 0.3) is 0 Å². The first kappa shape index (κ1) is 20.4. The Labute approximate surface area is 202 Å². The van der Waals surface area contributed by atoms with Crippen molar-refractivity contribution in [3.8, 4) is 22.6 Å². The number of nitrogens with two attached hydrogens (primary N) is 1. The third kappa shape index (κ3) is 3.50. The second kappa shape index (κ2) is 8.06. The lowest BCUT2D eigenvalue weighted by Crippen LogP contribution is -2.56. The lowest BCUT2D eigenvalue weighted by Gasteiger charge is -2.37. The summed E-state index contributed by atoms with van der Waals surface area (Å²) in [4.78, 5) is 22.0. The Morgan fingerprint density at radius 3 is 2.69 bits per heavy atom. The molecule has 2 aliphatic heterocycles. The fourth-order valence-corrected chi connectivity index (χ4v) is 5.28. The number of benzene rings is 1. The Balaban J connectivity index is 1.28. The third-order valence-corrected chi connectivity index (χ3v) is 7.17. The molecule has 5 aromatic rings. The zero-order valence-corrected chi connectivity index (χ0v) is 19.4. The van der Waals surface area contributed by atoms with Crippen molar-refractivity contribution in [2.24, 2.45) is 5.73 Å². The molecule has 0 radical (unpaired) electrons. The van der Waals surface area contributed by atoms with Crippen molar-refractivity contribution >= 4 is 33.4 Å². The van der Waals surface area contributed by atoms with Gasteiger partial charge in [0.1, 0.15) is 17.2 Å². The molecule has 6 heterocycles. The topological polar surface area (TPSA) is 116 Å². The van der Waals surface area contributed by atoms with E-state index in [0.717, 1.165) is 76.6 Å². The van der Waals surface area contributed by atoms with Crippen molar-refractivity contribution in [3.05, 3.63) is 48.9 Å². The van der Waals surface area contributed by atoms with Crippen molar-refractivity contribution in [1.29, 1.82) is 0 Å². The standard InChI is InChI=1S/C26H27N9/c27-17-14-35(15-17)24-13-28-12-22(30-24)16-4-5-20-18(10-16)25(33-32-20)21-11-19-23(6-7-29-26(19)31-21)34-8-2-1-3-9-34/h4-7,10-13,17H,1-3,8-9,14-15,27H2,(H,29,31)(H,32,33). The number of anilines is 2. The maximum absolute atomic E-state index is 5.95. The van der Waals surface area contributed by atoms with E-state index >= 15 is 0 Å². The van der Waals surface area contributed by atoms with Crippen molar-refractivity contribution in [2.75, 3.05) is 36.0 Å². The minimum absolute atomic E-state index is 0.214. The Bertz CT molecular complexity index is 1520. The van der Waals surface area contributed by atoms with Crippen molar-refractivity contribution in [3.63, 3.8) is 0 Å². The van der Waals surface area contributed by atoms with Crippen LogP contribution in [0.25, 0.3) is 44.6 Å². The van der Waals surface area contributed by atoms with Crippen LogP contribution in [0.15, 0.2) is 48.9 Å². The van der Waals surface area contributed by atoms with Crippen LogP contribution in [0.3, 0.4) is 0 Å². The molecule has 0 unspecified atom stereocenters. The summed E-state index contributed by atoms with van der Waals surface area (Å²) >= 11 is 0. The number of hydrogen-bond donors (Lipinski definition) is 3. The van der Waals surface area contributed by atoms with E-state index < -0.39 is 0 Å². The van der Waals surface area contributed by atoms with E-state index in [0.29, 0.717) is 0 Å². The number of rotatable bonds is 4. The number of aromatic amines is 2. The molecule has 0 atom stereocenters. The first-order valence-electron chi connectivity index (χ1n) is 12.3. The van der Waals surface area contributed by atoms with E-state index in [9.17, 15) is 0 Å². The van der Waals surface area contributed by atoms with Crippen LogP contribution in [-0.4, -0.2) is 62.4 Å². The minimum Gasteiger partial charge on any atom is -0.371 e. The molecule has 2 saturated heterocycles. The van der Waals surface area contributed by atoms with Crippen LogP contribution in [-0.2, 0) is 0 Å². The van der Waals surface area contributed by atoms with Crippen LogP contribution in [0.1, 0.15) is 19.3 Å². The summed E-state index contributed by atoms with van der Waals surface area (Å²) in [6.07, 6.45) is 9.29. The highest BCUT2D eigenvalue weighted by Gasteiger charge is 2.25. The molecule has 4 N–H and O–H groups in total. The summed E-state index contributed by atoms with van der Waals surface area (Å²) in [6, 6.07) is 10.8. The Morgan fingerprint density at radius 1 is 0.943 bits per heavy atom. The number of aromatic nitrogens is 6. The van der Waals surface area contributed by atoms with Crippen LogP contribution in [0, 0.1) is 0 Å². The van der Waals surface area contributed by atoms with Crippen LogP contribution in [0.4, 0.5) is 11.5 Å². The van der Waals surface area contributed by atoms with Gasteiger partial charge in [-0.2, -0.15) is 5.10 Å². The highest BCUT2D eigenvalue weighted by Crippen LogP contribution is 2.35. The van der Waals surface area contributed by atoms with Crippen LogP contribution in [0.2, 0.25) is 0 Å². The SMILES string of the molecule is NC1CN(c2cncc(-c3ccc4[nH]nc(-c5cc6c(N7CCCCC7)ccnc6[nH]5)c4c3)n2)C1. The van der Waals surface area contributed by atoms with Gasteiger partial charge in [-0.1, -0.05) is 6.07 Å². The predicted molar refractivity (Wildman–Crippen MR) is 138 cm³/mol. The fourth-order valence-electron chi connectivity index (χ4n) is 5.28. The van der Waals surface area contributed by atoms with Gasteiger partial charge in [0.2, 0.25) is 0 Å². The van der Waals surface area contributed by atoms with E-state index in [2.05, 4.69) is 65.3 Å². The van der Waals surface area contributed by atoms with Gasteiger partial charge in [0, 0.05) is 60.4 Å². The van der Waals surface area contributed by atoms with E-state index in [1.165, 1.54) is 24.9 Å². The molecule has 1 aromatic carbocycles. The fraction of sp³-hybridized carbons (Fsp3) is 0.308. The molecule has 2 aliphatic rings. The largest absolute Gasteiger partial charge is 0.371 e. The molecular formula is C26H27N9. The molecule has 9 nitrogen and oxygen atoms in total. The molecule has 0 saturated carbocycles. The van der Waals surface area contributed by atoms with Crippen LogP contribution in [0.5, 0.6) is 0 Å². The molecule has 9 heteroatoms. The Hall–Kier alpha value is -3.98. The van der Waals surface area contributed by atoms with E-state index in [1.54, 1.807) is 6.20 Å². The molecular weight excluding hydrogens is 438 g/mol. The Kier molecular flexibility index (Phi) is 4.70. The van der Waals surface area contributed by atoms with Gasteiger partial charge in [-0.15, -0.1) is 0 Å². The number of H-pyrrole nitrogens is 2. The van der Waals surface area contributed by atoms with Gasteiger partial charge >= 0.3 is 0 Å². The highest BCUT2D eigenvalue weighted by molar-refractivity contribution is 5.99. The van der Waals surface area contributed by atoms with Crippen molar-refractivity contribution < 1.29 is 0 Å². The third-order valence-electron chi connectivity index (χ3n) is 7.17. The zero-order chi connectivity index (χ0) is 23.4. The number of nitrogens with zero attached hydrogens (tertiary/aromatic N) is 6. The van der Waals surface area contributed by atoms with Gasteiger partial charge in [-0.25, -0.2) is 9.97 Å². The average Bonchev–Trinajstić information content (AvgIpc) is 3.51. The quantitative estimate of drug-likeness (QED) is 0.371. The van der Waals surface area contributed by atoms with Gasteiger partial charge in [0.05, 0.1) is 29.3 Å². The van der Waals surface area contributed by atoms with E-state index in [1.807, 2.05) is 12.4 Å².